The Morgan fingerprint density at radius 2 is 1.57 bits per heavy atom. The number of rotatable bonds is 8. The van der Waals surface area contributed by atoms with E-state index in [0.717, 1.165) is 6.26 Å². The molecule has 10 heteroatoms. The summed E-state index contributed by atoms with van der Waals surface area (Å²) in [6.45, 7) is -0.477. The number of carboxylic acid groups (broad SMARTS) is 1. The maximum absolute atomic E-state index is 11.7. The van der Waals surface area contributed by atoms with Gasteiger partial charge in [0, 0.05) is 11.3 Å². The van der Waals surface area contributed by atoms with Crippen LogP contribution in [0.4, 0.5) is 0 Å². The summed E-state index contributed by atoms with van der Waals surface area (Å²) in [6.07, 6.45) is 0.759. The normalized spacial score (nSPS) is 12.2. The monoisotopic (exact) mass is 424 g/mol. The number of hydrogen-bond acceptors (Lipinski definition) is 7. The van der Waals surface area contributed by atoms with Gasteiger partial charge in [-0.15, -0.1) is 10.1 Å². The SMILES string of the molecule is CS(=O)(=O)c1ccc(/C(=C(\CCO[N+](=O)[O-])C(=O)[O-])c2ccc(Cl)cc2)cc1. The van der Waals surface area contributed by atoms with Crippen LogP contribution >= 0.6 is 11.6 Å². The highest BCUT2D eigenvalue weighted by atomic mass is 35.5. The number of halogens is 1. The number of carbonyl (C=O) groups excluding carboxylic acids is 1. The molecule has 0 aromatic heterocycles. The molecule has 0 spiro atoms. The third-order valence-corrected chi connectivity index (χ3v) is 5.18. The summed E-state index contributed by atoms with van der Waals surface area (Å²) in [6, 6.07) is 11.9. The number of benzene rings is 2. The number of sulfone groups is 1. The van der Waals surface area contributed by atoms with Crippen molar-refractivity contribution >= 4 is 33.0 Å². The van der Waals surface area contributed by atoms with Crippen molar-refractivity contribution in [2.75, 3.05) is 12.9 Å². The van der Waals surface area contributed by atoms with Crippen LogP contribution in [0.5, 0.6) is 0 Å². The predicted octanol–water partition coefficient (Wildman–Crippen LogP) is 1.89. The fourth-order valence-electron chi connectivity index (χ4n) is 2.55. The first-order valence-electron chi connectivity index (χ1n) is 7.88. The van der Waals surface area contributed by atoms with Gasteiger partial charge in [-0.1, -0.05) is 35.9 Å². The molecule has 0 atom stereocenters. The van der Waals surface area contributed by atoms with Crippen molar-refractivity contribution in [1.82, 2.24) is 0 Å². The summed E-state index contributed by atoms with van der Waals surface area (Å²) < 4.78 is 23.3. The lowest BCUT2D eigenvalue weighted by atomic mass is 9.91. The van der Waals surface area contributed by atoms with Crippen LogP contribution < -0.4 is 5.11 Å². The Morgan fingerprint density at radius 1 is 1.07 bits per heavy atom. The molecule has 2 aromatic rings. The second-order valence-electron chi connectivity index (χ2n) is 5.75. The number of carboxylic acids is 1. The standard InChI is InChI=1S/C18H16ClNO7S/c1-28(25,26)15-8-4-13(5-9-15)17(12-2-6-14(19)7-3-12)16(18(21)22)10-11-27-20(23)24/h2-9H,10-11H2,1H3,(H,21,22)/p-1/b17-16+. The van der Waals surface area contributed by atoms with Crippen molar-refractivity contribution in [2.24, 2.45) is 0 Å². The summed E-state index contributed by atoms with van der Waals surface area (Å²) in [5.74, 6) is -1.52. The average molecular weight is 425 g/mol. The molecule has 2 aromatic carbocycles. The zero-order chi connectivity index (χ0) is 20.9. The molecule has 0 fully saturated rings. The summed E-state index contributed by atoms with van der Waals surface area (Å²) in [4.78, 5) is 26.4. The lowest BCUT2D eigenvalue weighted by Gasteiger charge is -2.18. The van der Waals surface area contributed by atoms with Crippen molar-refractivity contribution < 1.29 is 28.2 Å². The molecule has 28 heavy (non-hydrogen) atoms. The van der Waals surface area contributed by atoms with Crippen molar-refractivity contribution in [2.45, 2.75) is 11.3 Å². The van der Waals surface area contributed by atoms with Crippen molar-refractivity contribution in [1.29, 1.82) is 0 Å². The van der Waals surface area contributed by atoms with E-state index in [1.165, 1.54) is 24.3 Å². The van der Waals surface area contributed by atoms with Gasteiger partial charge < -0.3 is 14.7 Å². The van der Waals surface area contributed by atoms with Gasteiger partial charge in [-0.2, -0.15) is 0 Å². The summed E-state index contributed by atoms with van der Waals surface area (Å²) in [7, 11) is -3.43. The lowest BCUT2D eigenvalue weighted by Crippen LogP contribution is -2.26. The molecule has 8 nitrogen and oxygen atoms in total. The van der Waals surface area contributed by atoms with E-state index in [9.17, 15) is 28.4 Å². The van der Waals surface area contributed by atoms with E-state index < -0.39 is 27.5 Å². The maximum Gasteiger partial charge on any atom is 0.294 e. The zero-order valence-corrected chi connectivity index (χ0v) is 16.2. The smallest absolute Gasteiger partial charge is 0.294 e. The average Bonchev–Trinajstić information content (AvgIpc) is 2.61. The third kappa shape index (κ3) is 5.54. The summed E-state index contributed by atoms with van der Waals surface area (Å²) in [5.41, 5.74) is 0.867. The Bertz CT molecular complexity index is 1010. The van der Waals surface area contributed by atoms with Crippen molar-refractivity contribution in [3.63, 3.8) is 0 Å². The minimum absolute atomic E-state index is 0.0680. The van der Waals surface area contributed by atoms with E-state index in [1.807, 2.05) is 0 Å². The maximum atomic E-state index is 11.7. The van der Waals surface area contributed by atoms with Gasteiger partial charge in [-0.3, -0.25) is 0 Å². The van der Waals surface area contributed by atoms with Crippen LogP contribution in [0.1, 0.15) is 17.5 Å². The van der Waals surface area contributed by atoms with E-state index in [0.29, 0.717) is 16.1 Å². The van der Waals surface area contributed by atoms with Crippen LogP contribution in [0.3, 0.4) is 0 Å². The first-order valence-corrected chi connectivity index (χ1v) is 10.1. The molecule has 0 radical (unpaired) electrons. The predicted molar refractivity (Wildman–Crippen MR) is 99.6 cm³/mol. The van der Waals surface area contributed by atoms with Gasteiger partial charge in [0.1, 0.15) is 6.61 Å². The van der Waals surface area contributed by atoms with Crippen LogP contribution in [-0.2, 0) is 19.5 Å². The Kier molecular flexibility index (Phi) is 6.76. The van der Waals surface area contributed by atoms with Crippen LogP contribution in [0.15, 0.2) is 59.0 Å². The Balaban J connectivity index is 2.62. The van der Waals surface area contributed by atoms with Gasteiger partial charge in [0.2, 0.25) is 0 Å². The molecule has 0 saturated carbocycles. The molecular formula is C18H15ClNO7S-. The first kappa shape index (κ1) is 21.4. The molecule has 0 unspecified atom stereocenters. The molecule has 148 valence electrons. The minimum Gasteiger partial charge on any atom is -0.545 e. The van der Waals surface area contributed by atoms with Crippen molar-refractivity contribution in [3.8, 4) is 0 Å². The number of hydrogen-bond donors (Lipinski definition) is 0. The van der Waals surface area contributed by atoms with Gasteiger partial charge in [0.05, 0.1) is 10.9 Å². The second kappa shape index (κ2) is 8.85. The van der Waals surface area contributed by atoms with Gasteiger partial charge in [-0.05, 0) is 53.0 Å². The first-order chi connectivity index (χ1) is 13.1. The molecule has 0 aliphatic carbocycles. The molecule has 2 rings (SSSR count). The van der Waals surface area contributed by atoms with E-state index in [2.05, 4.69) is 4.84 Å². The molecule has 0 bridgehead atoms. The molecule has 0 amide bonds. The van der Waals surface area contributed by atoms with E-state index in [-0.39, 0.29) is 22.5 Å². The molecule has 0 aliphatic rings. The van der Waals surface area contributed by atoms with E-state index in [4.69, 9.17) is 11.6 Å². The summed E-state index contributed by atoms with van der Waals surface area (Å²) in [5, 5.41) is 21.5. The van der Waals surface area contributed by atoms with Gasteiger partial charge in [0.25, 0.3) is 5.09 Å². The Labute approximate surface area is 166 Å². The molecule has 0 saturated heterocycles. The lowest BCUT2D eigenvalue weighted by molar-refractivity contribution is -0.757. The van der Waals surface area contributed by atoms with Gasteiger partial charge >= 0.3 is 0 Å². The fraction of sp³-hybridized carbons (Fsp3) is 0.167. The van der Waals surface area contributed by atoms with Crippen molar-refractivity contribution in [3.05, 3.63) is 80.4 Å². The number of nitrogens with zero attached hydrogens (tertiary/aromatic N) is 1. The van der Waals surface area contributed by atoms with E-state index >= 15 is 0 Å². The largest absolute Gasteiger partial charge is 0.545 e. The highest BCUT2D eigenvalue weighted by molar-refractivity contribution is 7.90. The highest BCUT2D eigenvalue weighted by Crippen LogP contribution is 2.30. The Hall–Kier alpha value is -2.91. The Morgan fingerprint density at radius 3 is 2.00 bits per heavy atom. The van der Waals surface area contributed by atoms with Crippen LogP contribution in [0.25, 0.3) is 5.57 Å². The van der Waals surface area contributed by atoms with E-state index in [1.54, 1.807) is 24.3 Å². The molecule has 0 aliphatic heterocycles. The van der Waals surface area contributed by atoms with Gasteiger partial charge in [0.15, 0.2) is 9.84 Å². The third-order valence-electron chi connectivity index (χ3n) is 3.80. The van der Waals surface area contributed by atoms with Crippen LogP contribution in [0.2, 0.25) is 5.02 Å². The second-order valence-corrected chi connectivity index (χ2v) is 8.20. The molecule has 0 N–H and O–H groups in total. The highest BCUT2D eigenvalue weighted by Gasteiger charge is 2.15. The van der Waals surface area contributed by atoms with Crippen LogP contribution in [0, 0.1) is 10.1 Å². The quantitative estimate of drug-likeness (QED) is 0.359. The van der Waals surface area contributed by atoms with Crippen LogP contribution in [-0.4, -0.2) is 32.3 Å². The number of aliphatic carboxylic acids is 1. The van der Waals surface area contributed by atoms with Gasteiger partial charge in [-0.25, -0.2) is 8.42 Å². The topological polar surface area (TPSA) is 127 Å². The summed E-state index contributed by atoms with van der Waals surface area (Å²) >= 11 is 5.89. The zero-order valence-electron chi connectivity index (χ0n) is 14.6. The fourth-order valence-corrected chi connectivity index (χ4v) is 3.31. The minimum atomic E-state index is -3.43. The molecular weight excluding hydrogens is 410 g/mol. The molecule has 0 heterocycles. The number of carbonyl (C=O) groups is 1.